The summed E-state index contributed by atoms with van der Waals surface area (Å²) < 4.78 is 5.20. The first-order chi connectivity index (χ1) is 6.24. The molecule has 1 N–H and O–H groups in total. The van der Waals surface area contributed by atoms with Gasteiger partial charge in [0, 0.05) is 5.56 Å². The Morgan fingerprint density at radius 1 is 1.31 bits per heavy atom. The zero-order chi connectivity index (χ0) is 9.68. The number of hydrogen-bond donors (Lipinski definition) is 1. The summed E-state index contributed by atoms with van der Waals surface area (Å²) in [4.78, 5) is 0. The van der Waals surface area contributed by atoms with Crippen molar-refractivity contribution in [1.29, 1.82) is 5.41 Å². The summed E-state index contributed by atoms with van der Waals surface area (Å²) in [6, 6.07) is 7.79. The van der Waals surface area contributed by atoms with E-state index in [9.17, 15) is 0 Å². The molecule has 0 saturated heterocycles. The lowest BCUT2D eigenvalue weighted by Crippen LogP contribution is -2.05. The summed E-state index contributed by atoms with van der Waals surface area (Å²) in [6.07, 6.45) is 0.939. The van der Waals surface area contributed by atoms with Crippen LogP contribution in [-0.2, 0) is 4.74 Å². The van der Waals surface area contributed by atoms with Gasteiger partial charge in [-0.15, -0.1) is 0 Å². The summed E-state index contributed by atoms with van der Waals surface area (Å²) in [5.74, 6) is 0.266. The smallest absolute Gasteiger partial charge is 0.213 e. The number of ether oxygens (including phenoxy) is 1. The molecule has 0 radical (unpaired) electrons. The SMILES string of the molecule is CCCOC(=N)c1ccc(C)cc1. The Morgan fingerprint density at radius 2 is 1.92 bits per heavy atom. The summed E-state index contributed by atoms with van der Waals surface area (Å²) >= 11 is 0. The van der Waals surface area contributed by atoms with Crippen molar-refractivity contribution < 1.29 is 4.74 Å². The molecule has 2 nitrogen and oxygen atoms in total. The molecule has 0 atom stereocenters. The number of benzene rings is 1. The fourth-order valence-corrected chi connectivity index (χ4v) is 0.992. The third-order valence-corrected chi connectivity index (χ3v) is 1.76. The van der Waals surface area contributed by atoms with Crippen molar-refractivity contribution in [3.63, 3.8) is 0 Å². The van der Waals surface area contributed by atoms with Gasteiger partial charge in [0.25, 0.3) is 0 Å². The molecule has 0 bridgehead atoms. The first-order valence-electron chi connectivity index (χ1n) is 4.52. The Hall–Kier alpha value is -1.31. The molecule has 2 heteroatoms. The molecule has 70 valence electrons. The minimum atomic E-state index is 0.266. The van der Waals surface area contributed by atoms with Crippen LogP contribution in [0.3, 0.4) is 0 Å². The van der Waals surface area contributed by atoms with Gasteiger partial charge in [-0.2, -0.15) is 0 Å². The van der Waals surface area contributed by atoms with Crippen molar-refractivity contribution in [3.8, 4) is 0 Å². The number of aryl methyl sites for hydroxylation is 1. The Bertz CT molecular complexity index is 277. The van der Waals surface area contributed by atoms with Crippen LogP contribution < -0.4 is 0 Å². The molecule has 0 fully saturated rings. The molecule has 0 amide bonds. The molecular weight excluding hydrogens is 162 g/mol. The topological polar surface area (TPSA) is 33.1 Å². The Morgan fingerprint density at radius 3 is 2.46 bits per heavy atom. The predicted octanol–water partition coefficient (Wildman–Crippen LogP) is 2.75. The fourth-order valence-electron chi connectivity index (χ4n) is 0.992. The van der Waals surface area contributed by atoms with Crippen LogP contribution in [0.25, 0.3) is 0 Å². The van der Waals surface area contributed by atoms with E-state index in [1.165, 1.54) is 5.56 Å². The van der Waals surface area contributed by atoms with E-state index in [4.69, 9.17) is 10.1 Å². The molecule has 0 aliphatic rings. The Labute approximate surface area is 79.1 Å². The average Bonchev–Trinajstić information content (AvgIpc) is 2.15. The zero-order valence-corrected chi connectivity index (χ0v) is 8.13. The lowest BCUT2D eigenvalue weighted by molar-refractivity contribution is 0.303. The van der Waals surface area contributed by atoms with E-state index >= 15 is 0 Å². The summed E-state index contributed by atoms with van der Waals surface area (Å²) in [5.41, 5.74) is 2.05. The van der Waals surface area contributed by atoms with Crippen LogP contribution in [0.1, 0.15) is 24.5 Å². The van der Waals surface area contributed by atoms with Gasteiger partial charge < -0.3 is 4.74 Å². The summed E-state index contributed by atoms with van der Waals surface area (Å²) in [6.45, 7) is 4.68. The molecule has 0 aliphatic heterocycles. The molecule has 0 saturated carbocycles. The van der Waals surface area contributed by atoms with Crippen LogP contribution in [0.2, 0.25) is 0 Å². The van der Waals surface area contributed by atoms with E-state index in [1.807, 2.05) is 38.1 Å². The first-order valence-corrected chi connectivity index (χ1v) is 4.52. The molecule has 0 spiro atoms. The number of nitrogens with one attached hydrogen (secondary N) is 1. The quantitative estimate of drug-likeness (QED) is 0.559. The van der Waals surface area contributed by atoms with Crippen molar-refractivity contribution >= 4 is 5.90 Å². The van der Waals surface area contributed by atoms with Gasteiger partial charge in [0.15, 0.2) is 0 Å². The van der Waals surface area contributed by atoms with E-state index in [1.54, 1.807) is 0 Å². The van der Waals surface area contributed by atoms with Crippen LogP contribution in [0.15, 0.2) is 24.3 Å². The van der Waals surface area contributed by atoms with E-state index < -0.39 is 0 Å². The molecule has 1 rings (SSSR count). The minimum absolute atomic E-state index is 0.266. The molecule has 1 aromatic carbocycles. The number of rotatable bonds is 3. The second-order valence-electron chi connectivity index (χ2n) is 3.04. The van der Waals surface area contributed by atoms with Crippen molar-refractivity contribution in [2.75, 3.05) is 6.61 Å². The largest absolute Gasteiger partial charge is 0.478 e. The van der Waals surface area contributed by atoms with Gasteiger partial charge in [0.1, 0.15) is 0 Å². The van der Waals surface area contributed by atoms with Gasteiger partial charge in [-0.05, 0) is 25.5 Å². The zero-order valence-electron chi connectivity index (χ0n) is 8.13. The van der Waals surface area contributed by atoms with Gasteiger partial charge in [-0.25, -0.2) is 0 Å². The van der Waals surface area contributed by atoms with E-state index in [0.29, 0.717) is 6.61 Å². The molecule has 0 aliphatic carbocycles. The lowest BCUT2D eigenvalue weighted by atomic mass is 10.1. The second-order valence-corrected chi connectivity index (χ2v) is 3.04. The van der Waals surface area contributed by atoms with Crippen molar-refractivity contribution in [1.82, 2.24) is 0 Å². The highest BCUT2D eigenvalue weighted by molar-refractivity contribution is 5.91. The summed E-state index contributed by atoms with van der Waals surface area (Å²) in [5, 5.41) is 7.58. The van der Waals surface area contributed by atoms with E-state index in [-0.39, 0.29) is 5.90 Å². The second kappa shape index (κ2) is 4.65. The lowest BCUT2D eigenvalue weighted by Gasteiger charge is -2.05. The highest BCUT2D eigenvalue weighted by Crippen LogP contribution is 2.04. The third-order valence-electron chi connectivity index (χ3n) is 1.76. The molecule has 0 aromatic heterocycles. The number of hydrogen-bond acceptors (Lipinski definition) is 2. The molecule has 0 unspecified atom stereocenters. The van der Waals surface area contributed by atoms with Gasteiger partial charge in [-0.3, -0.25) is 5.41 Å². The molecular formula is C11H15NO. The predicted molar refractivity (Wildman–Crippen MR) is 54.3 cm³/mol. The van der Waals surface area contributed by atoms with Crippen molar-refractivity contribution in [2.45, 2.75) is 20.3 Å². The third kappa shape index (κ3) is 2.90. The normalized spacial score (nSPS) is 9.69. The van der Waals surface area contributed by atoms with Crippen molar-refractivity contribution in [3.05, 3.63) is 35.4 Å². The fraction of sp³-hybridized carbons (Fsp3) is 0.364. The highest BCUT2D eigenvalue weighted by atomic mass is 16.5. The van der Waals surface area contributed by atoms with Crippen LogP contribution in [0, 0.1) is 12.3 Å². The Kier molecular flexibility index (Phi) is 3.50. The maximum absolute atomic E-state index is 7.58. The van der Waals surface area contributed by atoms with Gasteiger partial charge in [0.2, 0.25) is 5.90 Å². The Balaban J connectivity index is 2.61. The first kappa shape index (κ1) is 9.78. The monoisotopic (exact) mass is 177 g/mol. The molecule has 1 aromatic rings. The maximum atomic E-state index is 7.58. The highest BCUT2D eigenvalue weighted by Gasteiger charge is 2.00. The van der Waals surface area contributed by atoms with Gasteiger partial charge >= 0.3 is 0 Å². The van der Waals surface area contributed by atoms with Crippen LogP contribution in [0.5, 0.6) is 0 Å². The molecule has 13 heavy (non-hydrogen) atoms. The molecule has 0 heterocycles. The van der Waals surface area contributed by atoms with E-state index in [0.717, 1.165) is 12.0 Å². The summed E-state index contributed by atoms with van der Waals surface area (Å²) in [7, 11) is 0. The van der Waals surface area contributed by atoms with Gasteiger partial charge in [0.05, 0.1) is 6.61 Å². The van der Waals surface area contributed by atoms with Crippen molar-refractivity contribution in [2.24, 2.45) is 0 Å². The van der Waals surface area contributed by atoms with E-state index in [2.05, 4.69) is 0 Å². The average molecular weight is 177 g/mol. The minimum Gasteiger partial charge on any atom is -0.478 e. The van der Waals surface area contributed by atoms with Crippen LogP contribution >= 0.6 is 0 Å². The maximum Gasteiger partial charge on any atom is 0.213 e. The van der Waals surface area contributed by atoms with Gasteiger partial charge in [-0.1, -0.05) is 24.6 Å². The standard InChI is InChI=1S/C11H15NO/c1-3-8-13-11(12)10-6-4-9(2)5-7-10/h4-7,12H,3,8H2,1-2H3. The van der Waals surface area contributed by atoms with Crippen LogP contribution in [-0.4, -0.2) is 12.5 Å². The van der Waals surface area contributed by atoms with Crippen LogP contribution in [0.4, 0.5) is 0 Å².